The first-order chi connectivity index (χ1) is 6.99. The number of primary amides is 1. The minimum absolute atomic E-state index is 0.00128. The van der Waals surface area contributed by atoms with Crippen LogP contribution in [0.3, 0.4) is 0 Å². The number of carbonyl (C=O) groups is 3. The lowest BCUT2D eigenvalue weighted by atomic mass is 10.3. The quantitative estimate of drug-likeness (QED) is 0.346. The van der Waals surface area contributed by atoms with Crippen LogP contribution in [0.15, 0.2) is 0 Å². The highest BCUT2D eigenvalue weighted by Crippen LogP contribution is 1.86. The molecule has 7 nitrogen and oxygen atoms in total. The second kappa shape index (κ2) is 6.77. The van der Waals surface area contributed by atoms with Crippen LogP contribution < -0.4 is 16.8 Å². The van der Waals surface area contributed by atoms with Gasteiger partial charge in [0, 0.05) is 13.0 Å². The Morgan fingerprint density at radius 1 is 1.40 bits per heavy atom. The summed E-state index contributed by atoms with van der Waals surface area (Å²) in [6, 6.07) is -1.36. The molecule has 15 heavy (non-hydrogen) atoms. The Morgan fingerprint density at radius 2 is 2.00 bits per heavy atom. The first kappa shape index (κ1) is 13.4. The second-order valence-corrected chi connectivity index (χ2v) is 2.74. The molecule has 0 spiro atoms. The van der Waals surface area contributed by atoms with Gasteiger partial charge in [-0.2, -0.15) is 0 Å². The van der Waals surface area contributed by atoms with Crippen molar-refractivity contribution in [3.05, 3.63) is 0 Å². The van der Waals surface area contributed by atoms with E-state index in [4.69, 9.17) is 11.5 Å². The molecule has 0 aliphatic rings. The average Bonchev–Trinajstić information content (AvgIpc) is 2.16. The van der Waals surface area contributed by atoms with E-state index in [0.29, 0.717) is 0 Å². The topological polar surface area (TPSA) is 125 Å². The standard InChI is InChI=1S/C8H15N3O4/c1-2-15-8(14)6(10)7(13)11-4-3-5(9)12/h6H,2-4,10H2,1H3,(H2,9,12)(H,11,13). The number of nitrogens with two attached hydrogens (primary N) is 2. The predicted octanol–water partition coefficient (Wildman–Crippen LogP) is -2.13. The highest BCUT2D eigenvalue weighted by Gasteiger charge is 2.22. The summed E-state index contributed by atoms with van der Waals surface area (Å²) in [6.45, 7) is 1.82. The van der Waals surface area contributed by atoms with Crippen LogP contribution in [-0.2, 0) is 19.1 Å². The number of carbonyl (C=O) groups excluding carboxylic acids is 3. The largest absolute Gasteiger partial charge is 0.464 e. The number of amides is 2. The molecule has 1 atom stereocenters. The van der Waals surface area contributed by atoms with Crippen LogP contribution in [0, 0.1) is 0 Å². The van der Waals surface area contributed by atoms with E-state index in [2.05, 4.69) is 10.1 Å². The molecule has 86 valence electrons. The van der Waals surface area contributed by atoms with Gasteiger partial charge in [0.25, 0.3) is 0 Å². The van der Waals surface area contributed by atoms with Gasteiger partial charge < -0.3 is 21.5 Å². The SMILES string of the molecule is CCOC(=O)C(N)C(=O)NCCC(N)=O. The van der Waals surface area contributed by atoms with Crippen molar-refractivity contribution in [2.75, 3.05) is 13.2 Å². The van der Waals surface area contributed by atoms with Gasteiger partial charge in [-0.25, -0.2) is 4.79 Å². The van der Waals surface area contributed by atoms with Gasteiger partial charge in [0.1, 0.15) is 0 Å². The maximum Gasteiger partial charge on any atom is 0.332 e. The molecule has 0 aliphatic heterocycles. The van der Waals surface area contributed by atoms with Gasteiger partial charge in [-0.05, 0) is 6.92 Å². The van der Waals surface area contributed by atoms with Crippen LogP contribution in [0.2, 0.25) is 0 Å². The Bertz CT molecular complexity index is 254. The molecule has 0 aliphatic carbocycles. The molecular weight excluding hydrogens is 202 g/mol. The van der Waals surface area contributed by atoms with Gasteiger partial charge in [-0.15, -0.1) is 0 Å². The van der Waals surface area contributed by atoms with Crippen LogP contribution in [0.1, 0.15) is 13.3 Å². The van der Waals surface area contributed by atoms with Gasteiger partial charge in [-0.3, -0.25) is 9.59 Å². The highest BCUT2D eigenvalue weighted by atomic mass is 16.5. The van der Waals surface area contributed by atoms with Crippen LogP contribution in [0.25, 0.3) is 0 Å². The third-order valence-electron chi connectivity index (χ3n) is 1.49. The number of hydrogen-bond donors (Lipinski definition) is 3. The molecule has 7 heteroatoms. The molecule has 1 unspecified atom stereocenters. The number of ether oxygens (including phenoxy) is 1. The highest BCUT2D eigenvalue weighted by molar-refractivity contribution is 6.01. The fourth-order valence-corrected chi connectivity index (χ4v) is 0.758. The van der Waals surface area contributed by atoms with E-state index < -0.39 is 23.8 Å². The Morgan fingerprint density at radius 3 is 2.47 bits per heavy atom. The monoisotopic (exact) mass is 217 g/mol. The zero-order chi connectivity index (χ0) is 11.8. The molecule has 0 rings (SSSR count). The average molecular weight is 217 g/mol. The molecule has 5 N–H and O–H groups in total. The van der Waals surface area contributed by atoms with Crippen molar-refractivity contribution in [1.29, 1.82) is 0 Å². The first-order valence-corrected chi connectivity index (χ1v) is 4.47. The third kappa shape index (κ3) is 5.63. The molecule has 0 fully saturated rings. The van der Waals surface area contributed by atoms with Gasteiger partial charge >= 0.3 is 5.97 Å². The van der Waals surface area contributed by atoms with Gasteiger partial charge in [-0.1, -0.05) is 0 Å². The summed E-state index contributed by atoms with van der Waals surface area (Å²) in [6.07, 6.45) is 0.00128. The summed E-state index contributed by atoms with van der Waals surface area (Å²) in [5, 5.41) is 2.29. The van der Waals surface area contributed by atoms with Gasteiger partial charge in [0.2, 0.25) is 11.8 Å². The Labute approximate surface area is 87.1 Å². The van der Waals surface area contributed by atoms with Crippen LogP contribution in [0.4, 0.5) is 0 Å². The Kier molecular flexibility index (Phi) is 6.03. The second-order valence-electron chi connectivity index (χ2n) is 2.74. The Balaban J connectivity index is 3.88. The molecular formula is C8H15N3O4. The first-order valence-electron chi connectivity index (χ1n) is 4.47. The minimum atomic E-state index is -1.36. The molecule has 0 saturated heterocycles. The predicted molar refractivity (Wildman–Crippen MR) is 51.4 cm³/mol. The number of rotatable bonds is 6. The zero-order valence-corrected chi connectivity index (χ0v) is 8.49. The van der Waals surface area contributed by atoms with E-state index in [1.165, 1.54) is 0 Å². The van der Waals surface area contributed by atoms with Crippen molar-refractivity contribution in [2.24, 2.45) is 11.5 Å². The normalized spacial score (nSPS) is 11.6. The molecule has 0 aromatic rings. The van der Waals surface area contributed by atoms with Gasteiger partial charge in [0.05, 0.1) is 6.61 Å². The fourth-order valence-electron chi connectivity index (χ4n) is 0.758. The summed E-state index contributed by atoms with van der Waals surface area (Å²) in [4.78, 5) is 32.5. The summed E-state index contributed by atoms with van der Waals surface area (Å²) in [5.41, 5.74) is 10.1. The molecule has 0 saturated carbocycles. The van der Waals surface area contributed by atoms with Crippen LogP contribution in [0.5, 0.6) is 0 Å². The molecule has 0 bridgehead atoms. The van der Waals surface area contributed by atoms with Crippen LogP contribution in [-0.4, -0.2) is 37.0 Å². The van der Waals surface area contributed by atoms with Crippen molar-refractivity contribution in [3.8, 4) is 0 Å². The van der Waals surface area contributed by atoms with Crippen molar-refractivity contribution < 1.29 is 19.1 Å². The van der Waals surface area contributed by atoms with Crippen molar-refractivity contribution in [2.45, 2.75) is 19.4 Å². The van der Waals surface area contributed by atoms with E-state index in [9.17, 15) is 14.4 Å². The maximum absolute atomic E-state index is 11.2. The maximum atomic E-state index is 11.2. The lowest BCUT2D eigenvalue weighted by molar-refractivity contribution is -0.147. The minimum Gasteiger partial charge on any atom is -0.464 e. The van der Waals surface area contributed by atoms with Crippen LogP contribution >= 0.6 is 0 Å². The molecule has 0 aromatic heterocycles. The summed E-state index contributed by atoms with van der Waals surface area (Å²) < 4.78 is 4.54. The zero-order valence-electron chi connectivity index (χ0n) is 8.49. The number of nitrogens with one attached hydrogen (secondary N) is 1. The van der Waals surface area contributed by atoms with E-state index in [1.807, 2.05) is 0 Å². The molecule has 0 aromatic carbocycles. The van der Waals surface area contributed by atoms with E-state index in [1.54, 1.807) is 6.92 Å². The van der Waals surface area contributed by atoms with Crippen molar-refractivity contribution in [1.82, 2.24) is 5.32 Å². The lowest BCUT2D eigenvalue weighted by Gasteiger charge is -2.10. The van der Waals surface area contributed by atoms with Crippen molar-refractivity contribution >= 4 is 17.8 Å². The lowest BCUT2D eigenvalue weighted by Crippen LogP contribution is -2.47. The molecule has 0 radical (unpaired) electrons. The van der Waals surface area contributed by atoms with E-state index >= 15 is 0 Å². The number of esters is 1. The summed E-state index contributed by atoms with van der Waals surface area (Å²) in [7, 11) is 0. The van der Waals surface area contributed by atoms with Crippen molar-refractivity contribution in [3.63, 3.8) is 0 Å². The third-order valence-corrected chi connectivity index (χ3v) is 1.49. The molecule has 0 heterocycles. The smallest absolute Gasteiger partial charge is 0.332 e. The number of hydrogen-bond acceptors (Lipinski definition) is 5. The Hall–Kier alpha value is -1.63. The molecule has 2 amide bonds. The van der Waals surface area contributed by atoms with Gasteiger partial charge in [0.15, 0.2) is 6.04 Å². The van der Waals surface area contributed by atoms with E-state index in [-0.39, 0.29) is 19.6 Å². The van der Waals surface area contributed by atoms with E-state index in [0.717, 1.165) is 0 Å². The fraction of sp³-hybridized carbons (Fsp3) is 0.625. The summed E-state index contributed by atoms with van der Waals surface area (Å²) >= 11 is 0. The summed E-state index contributed by atoms with van der Waals surface area (Å²) in [5.74, 6) is -2.02.